The molecule has 0 radical (unpaired) electrons. The fourth-order valence-corrected chi connectivity index (χ4v) is 7.94. The first-order chi connectivity index (χ1) is 26.7. The van der Waals surface area contributed by atoms with Gasteiger partial charge in [0.25, 0.3) is 0 Å². The minimum absolute atomic E-state index is 0.949. The molecule has 1 heteroatoms. The maximum atomic E-state index is 5.24. The summed E-state index contributed by atoms with van der Waals surface area (Å²) in [4.78, 5) is 5.24. The van der Waals surface area contributed by atoms with Crippen LogP contribution >= 0.6 is 0 Å². The Bertz CT molecular complexity index is 2870. The predicted octanol–water partition coefficient (Wildman–Crippen LogP) is 14.5. The first-order valence-corrected chi connectivity index (χ1v) is 18.5. The maximum Gasteiger partial charge on any atom is 0.0715 e. The first kappa shape index (κ1) is 31.6. The van der Waals surface area contributed by atoms with Gasteiger partial charge in [0.15, 0.2) is 0 Å². The molecule has 0 aliphatic heterocycles. The van der Waals surface area contributed by atoms with E-state index >= 15 is 0 Å². The van der Waals surface area contributed by atoms with E-state index in [1.165, 1.54) is 65.7 Å². The number of fused-ring (bicyclic) bond motifs is 6. The zero-order valence-electron chi connectivity index (χ0n) is 29.7. The van der Waals surface area contributed by atoms with Gasteiger partial charge in [-0.1, -0.05) is 170 Å². The van der Waals surface area contributed by atoms with E-state index in [0.29, 0.717) is 0 Å². The summed E-state index contributed by atoms with van der Waals surface area (Å²) >= 11 is 0. The van der Waals surface area contributed by atoms with E-state index in [-0.39, 0.29) is 0 Å². The van der Waals surface area contributed by atoms with Crippen LogP contribution in [-0.4, -0.2) is 4.98 Å². The van der Waals surface area contributed by atoms with Gasteiger partial charge in [0, 0.05) is 11.1 Å². The summed E-state index contributed by atoms with van der Waals surface area (Å²) < 4.78 is 0. The molecular weight excluding hydrogens is 651 g/mol. The number of nitrogens with zero attached hydrogens (tertiary/aromatic N) is 1. The smallest absolute Gasteiger partial charge is 0.0715 e. The molecule has 0 bridgehead atoms. The lowest BCUT2D eigenvalue weighted by Crippen LogP contribution is -1.92. The van der Waals surface area contributed by atoms with Crippen molar-refractivity contribution in [1.82, 2.24) is 4.98 Å². The Morgan fingerprint density at radius 1 is 0.185 bits per heavy atom. The van der Waals surface area contributed by atoms with Gasteiger partial charge in [-0.05, 0) is 119 Å². The van der Waals surface area contributed by atoms with Crippen LogP contribution in [0.2, 0.25) is 0 Å². The molecule has 1 nitrogen and oxygen atoms in total. The molecule has 10 rings (SSSR count). The van der Waals surface area contributed by atoms with Gasteiger partial charge in [0.2, 0.25) is 0 Å². The molecule has 0 spiro atoms. The Morgan fingerprint density at radius 3 is 1.09 bits per heavy atom. The second kappa shape index (κ2) is 13.5. The van der Waals surface area contributed by atoms with Crippen LogP contribution in [0.5, 0.6) is 0 Å². The molecule has 0 amide bonds. The molecule has 0 saturated carbocycles. The Morgan fingerprint density at radius 2 is 0.537 bits per heavy atom. The van der Waals surface area contributed by atoms with E-state index in [2.05, 4.69) is 212 Å². The molecule has 9 aromatic carbocycles. The number of benzene rings is 9. The van der Waals surface area contributed by atoms with Crippen LogP contribution in [0.3, 0.4) is 0 Å². The van der Waals surface area contributed by atoms with Crippen LogP contribution in [0, 0.1) is 0 Å². The first-order valence-electron chi connectivity index (χ1n) is 18.5. The van der Waals surface area contributed by atoms with Crippen LogP contribution in [0.15, 0.2) is 212 Å². The van der Waals surface area contributed by atoms with Crippen LogP contribution in [0.1, 0.15) is 0 Å². The third-order valence-electron chi connectivity index (χ3n) is 10.6. The van der Waals surface area contributed by atoms with Crippen molar-refractivity contribution in [2.45, 2.75) is 0 Å². The number of hydrogen-bond acceptors (Lipinski definition) is 1. The minimum Gasteiger partial charge on any atom is -0.248 e. The Balaban J connectivity index is 1.14. The molecule has 252 valence electrons. The van der Waals surface area contributed by atoms with Crippen molar-refractivity contribution in [2.24, 2.45) is 0 Å². The van der Waals surface area contributed by atoms with Crippen molar-refractivity contribution in [3.63, 3.8) is 0 Å². The minimum atomic E-state index is 0.949. The van der Waals surface area contributed by atoms with Gasteiger partial charge >= 0.3 is 0 Å². The van der Waals surface area contributed by atoms with E-state index in [4.69, 9.17) is 4.98 Å². The largest absolute Gasteiger partial charge is 0.248 e. The fourth-order valence-electron chi connectivity index (χ4n) is 7.94. The van der Waals surface area contributed by atoms with Crippen LogP contribution in [0.25, 0.3) is 99.3 Å². The Hall–Kier alpha value is -7.09. The molecule has 0 saturated heterocycles. The topological polar surface area (TPSA) is 12.9 Å². The number of pyridine rings is 1. The molecule has 0 fully saturated rings. The molecule has 0 aliphatic carbocycles. The standard InChI is InChI=1S/C53H35N/c1-4-15-36(16-5-1)42-30-43(32-44(31-42)40-27-28-50-48-25-11-10-23-46(48)47-24-12-13-26-49(47)51(50)33-40)39-21-14-22-41(29-39)53-35-45(37-17-6-2-7-18-37)34-52(54-53)38-19-8-3-9-20-38/h1-35H. The summed E-state index contributed by atoms with van der Waals surface area (Å²) in [5.41, 5.74) is 13.5. The normalized spacial score (nSPS) is 11.3. The van der Waals surface area contributed by atoms with Gasteiger partial charge < -0.3 is 0 Å². The van der Waals surface area contributed by atoms with E-state index < -0.39 is 0 Å². The van der Waals surface area contributed by atoms with E-state index in [1.54, 1.807) is 0 Å². The molecule has 0 N–H and O–H groups in total. The molecule has 54 heavy (non-hydrogen) atoms. The Kier molecular flexibility index (Phi) is 7.89. The molecule has 0 aliphatic rings. The van der Waals surface area contributed by atoms with Gasteiger partial charge in [0.05, 0.1) is 11.4 Å². The van der Waals surface area contributed by atoms with Gasteiger partial charge in [-0.25, -0.2) is 4.98 Å². The molecular formula is C53H35N. The third-order valence-corrected chi connectivity index (χ3v) is 10.6. The monoisotopic (exact) mass is 685 g/mol. The van der Waals surface area contributed by atoms with Crippen molar-refractivity contribution < 1.29 is 0 Å². The predicted molar refractivity (Wildman–Crippen MR) is 229 cm³/mol. The molecule has 0 atom stereocenters. The average molecular weight is 686 g/mol. The summed E-state index contributed by atoms with van der Waals surface area (Å²) in [5, 5.41) is 7.69. The van der Waals surface area contributed by atoms with Gasteiger partial charge in [-0.3, -0.25) is 0 Å². The highest BCUT2D eigenvalue weighted by atomic mass is 14.7. The second-order valence-corrected chi connectivity index (χ2v) is 14.0. The van der Waals surface area contributed by atoms with Crippen LogP contribution in [0.4, 0.5) is 0 Å². The maximum absolute atomic E-state index is 5.24. The van der Waals surface area contributed by atoms with Crippen molar-refractivity contribution in [1.29, 1.82) is 0 Å². The summed E-state index contributed by atoms with van der Waals surface area (Å²) in [6, 6.07) is 76.6. The number of rotatable bonds is 6. The number of aromatic nitrogens is 1. The second-order valence-electron chi connectivity index (χ2n) is 14.0. The van der Waals surface area contributed by atoms with E-state index in [9.17, 15) is 0 Å². The lowest BCUT2D eigenvalue weighted by atomic mass is 9.89. The summed E-state index contributed by atoms with van der Waals surface area (Å²) in [5.74, 6) is 0. The van der Waals surface area contributed by atoms with Crippen molar-refractivity contribution >= 4 is 32.3 Å². The molecule has 10 aromatic rings. The average Bonchev–Trinajstić information content (AvgIpc) is 3.27. The highest BCUT2D eigenvalue weighted by molar-refractivity contribution is 6.25. The van der Waals surface area contributed by atoms with Crippen LogP contribution in [-0.2, 0) is 0 Å². The highest BCUT2D eigenvalue weighted by Crippen LogP contribution is 2.40. The van der Waals surface area contributed by atoms with E-state index in [0.717, 1.165) is 33.6 Å². The summed E-state index contributed by atoms with van der Waals surface area (Å²) in [6.45, 7) is 0. The molecule has 1 aromatic heterocycles. The van der Waals surface area contributed by atoms with Crippen molar-refractivity contribution in [3.05, 3.63) is 212 Å². The van der Waals surface area contributed by atoms with E-state index in [1.807, 2.05) is 0 Å². The van der Waals surface area contributed by atoms with Crippen LogP contribution < -0.4 is 0 Å². The van der Waals surface area contributed by atoms with Gasteiger partial charge in [-0.15, -0.1) is 0 Å². The zero-order valence-corrected chi connectivity index (χ0v) is 29.7. The number of hydrogen-bond donors (Lipinski definition) is 0. The highest BCUT2D eigenvalue weighted by Gasteiger charge is 2.14. The molecule has 0 unspecified atom stereocenters. The fraction of sp³-hybridized carbons (Fsp3) is 0. The van der Waals surface area contributed by atoms with Gasteiger partial charge in [0.1, 0.15) is 0 Å². The lowest BCUT2D eigenvalue weighted by Gasteiger charge is -2.15. The molecule has 1 heterocycles. The SMILES string of the molecule is c1ccc(-c2cc(-c3cccc(-c4cc(-c5ccccc5)cc(-c5ccccc5)n4)c3)cc(-c3ccc4c5ccccc5c5ccccc5c4c3)c2)cc1. The quantitative estimate of drug-likeness (QED) is 0.159. The lowest BCUT2D eigenvalue weighted by molar-refractivity contribution is 1.32. The third kappa shape index (κ3) is 5.83. The van der Waals surface area contributed by atoms with Crippen molar-refractivity contribution in [2.75, 3.05) is 0 Å². The summed E-state index contributed by atoms with van der Waals surface area (Å²) in [7, 11) is 0. The zero-order chi connectivity index (χ0) is 35.8. The van der Waals surface area contributed by atoms with Crippen molar-refractivity contribution in [3.8, 4) is 67.0 Å². The summed E-state index contributed by atoms with van der Waals surface area (Å²) in [6.07, 6.45) is 0. The Labute approximate surface area is 315 Å². The van der Waals surface area contributed by atoms with Gasteiger partial charge in [-0.2, -0.15) is 0 Å².